The summed E-state index contributed by atoms with van der Waals surface area (Å²) in [5.74, 6) is 0.544. The Morgan fingerprint density at radius 2 is 1.76 bits per heavy atom. The van der Waals surface area contributed by atoms with Crippen molar-refractivity contribution in [2.45, 2.75) is 58.0 Å². The lowest BCUT2D eigenvalue weighted by atomic mass is 10.1. The van der Waals surface area contributed by atoms with Crippen LogP contribution in [0.15, 0.2) is 24.3 Å². The summed E-state index contributed by atoms with van der Waals surface area (Å²) in [4.78, 5) is 10.1. The Hall–Kier alpha value is -1.62. The molecule has 0 saturated heterocycles. The number of rotatable bonds is 11. The maximum absolute atomic E-state index is 10.5. The second-order valence-corrected chi connectivity index (χ2v) is 5.27. The van der Waals surface area contributed by atoms with Crippen LogP contribution in [0.4, 0.5) is 5.69 Å². The van der Waals surface area contributed by atoms with Gasteiger partial charge < -0.3 is 9.84 Å². The number of unbranched alkanes of at least 4 members (excludes halogenated alkanes) is 5. The molecule has 0 fully saturated rings. The molecular weight excluding hydrogens is 270 g/mol. The smallest absolute Gasteiger partial charge is 0.269 e. The molecule has 0 spiro atoms. The number of non-ortho nitro benzene ring substituents is 1. The molecule has 0 aromatic heterocycles. The van der Waals surface area contributed by atoms with Gasteiger partial charge in [0.2, 0.25) is 0 Å². The average molecular weight is 295 g/mol. The first-order valence-corrected chi connectivity index (χ1v) is 7.68. The minimum Gasteiger partial charge on any atom is -0.491 e. The van der Waals surface area contributed by atoms with Crippen molar-refractivity contribution in [2.24, 2.45) is 0 Å². The van der Waals surface area contributed by atoms with E-state index in [4.69, 9.17) is 4.74 Å². The number of hydrogen-bond acceptors (Lipinski definition) is 4. The number of nitro benzene ring substituents is 1. The predicted octanol–water partition coefficient (Wildman–Crippen LogP) is 4.09. The third-order valence-corrected chi connectivity index (χ3v) is 3.38. The van der Waals surface area contributed by atoms with Gasteiger partial charge in [0.05, 0.1) is 11.0 Å². The minimum atomic E-state index is -0.480. The van der Waals surface area contributed by atoms with E-state index in [-0.39, 0.29) is 12.3 Å². The Balaban J connectivity index is 2.14. The summed E-state index contributed by atoms with van der Waals surface area (Å²) in [7, 11) is 0. The van der Waals surface area contributed by atoms with Crippen LogP contribution < -0.4 is 4.74 Å². The second kappa shape index (κ2) is 10.2. The van der Waals surface area contributed by atoms with E-state index >= 15 is 0 Å². The van der Waals surface area contributed by atoms with Crippen LogP contribution in [0.2, 0.25) is 0 Å². The molecule has 5 heteroatoms. The zero-order valence-corrected chi connectivity index (χ0v) is 12.7. The first-order chi connectivity index (χ1) is 10.1. The summed E-state index contributed by atoms with van der Waals surface area (Å²) in [6.45, 7) is 2.42. The molecule has 1 rings (SSSR count). The number of aliphatic hydroxyl groups excluding tert-OH is 1. The van der Waals surface area contributed by atoms with Gasteiger partial charge in [0.1, 0.15) is 12.4 Å². The lowest BCUT2D eigenvalue weighted by Crippen LogP contribution is -2.17. The van der Waals surface area contributed by atoms with E-state index < -0.39 is 11.0 Å². The van der Waals surface area contributed by atoms with Crippen LogP contribution in [0.1, 0.15) is 51.9 Å². The van der Waals surface area contributed by atoms with Crippen molar-refractivity contribution in [2.75, 3.05) is 6.61 Å². The fourth-order valence-corrected chi connectivity index (χ4v) is 2.10. The van der Waals surface area contributed by atoms with E-state index in [1.165, 1.54) is 37.8 Å². The molecule has 21 heavy (non-hydrogen) atoms. The van der Waals surface area contributed by atoms with Crippen molar-refractivity contribution in [3.63, 3.8) is 0 Å². The van der Waals surface area contributed by atoms with E-state index in [0.717, 1.165) is 19.3 Å². The summed E-state index contributed by atoms with van der Waals surface area (Å²) in [5.41, 5.74) is 0.0370. The number of nitrogens with zero attached hydrogens (tertiary/aromatic N) is 1. The lowest BCUT2D eigenvalue weighted by molar-refractivity contribution is -0.384. The highest BCUT2D eigenvalue weighted by Crippen LogP contribution is 2.18. The Labute approximate surface area is 126 Å². The van der Waals surface area contributed by atoms with Crippen molar-refractivity contribution < 1.29 is 14.8 Å². The molecule has 0 saturated carbocycles. The number of nitro groups is 1. The lowest BCUT2D eigenvalue weighted by Gasteiger charge is -2.12. The van der Waals surface area contributed by atoms with Gasteiger partial charge in [-0.2, -0.15) is 0 Å². The molecule has 1 aromatic carbocycles. The van der Waals surface area contributed by atoms with Crippen molar-refractivity contribution in [3.8, 4) is 5.75 Å². The van der Waals surface area contributed by atoms with Crippen molar-refractivity contribution in [1.29, 1.82) is 0 Å². The van der Waals surface area contributed by atoms with Crippen LogP contribution in [0.3, 0.4) is 0 Å². The van der Waals surface area contributed by atoms with Gasteiger partial charge in [-0.1, -0.05) is 45.4 Å². The van der Waals surface area contributed by atoms with Gasteiger partial charge in [-0.15, -0.1) is 0 Å². The largest absolute Gasteiger partial charge is 0.491 e. The quantitative estimate of drug-likeness (QED) is 0.379. The molecule has 1 unspecified atom stereocenters. The molecule has 1 aromatic rings. The number of hydrogen-bond donors (Lipinski definition) is 1. The van der Waals surface area contributed by atoms with Gasteiger partial charge in [0, 0.05) is 12.1 Å². The maximum atomic E-state index is 10.5. The summed E-state index contributed by atoms with van der Waals surface area (Å²) in [6.07, 6.45) is 7.43. The van der Waals surface area contributed by atoms with Gasteiger partial charge in [-0.3, -0.25) is 10.1 Å². The van der Waals surface area contributed by atoms with Gasteiger partial charge in [-0.05, 0) is 18.6 Å². The van der Waals surface area contributed by atoms with Crippen LogP contribution in [-0.2, 0) is 0 Å². The molecule has 5 nitrogen and oxygen atoms in total. The number of ether oxygens (including phenoxy) is 1. The van der Waals surface area contributed by atoms with E-state index in [0.29, 0.717) is 5.75 Å². The van der Waals surface area contributed by atoms with E-state index in [1.54, 1.807) is 12.1 Å². The van der Waals surface area contributed by atoms with Gasteiger partial charge in [-0.25, -0.2) is 0 Å². The summed E-state index contributed by atoms with van der Waals surface area (Å²) in [5, 5.41) is 20.3. The molecule has 118 valence electrons. The normalized spacial score (nSPS) is 12.1. The third-order valence-electron chi connectivity index (χ3n) is 3.38. The Bertz CT molecular complexity index is 405. The molecule has 0 heterocycles. The topological polar surface area (TPSA) is 72.6 Å². The molecule has 1 N–H and O–H groups in total. The van der Waals surface area contributed by atoms with Gasteiger partial charge >= 0.3 is 0 Å². The van der Waals surface area contributed by atoms with Crippen LogP contribution in [0.5, 0.6) is 5.75 Å². The molecule has 0 aliphatic rings. The van der Waals surface area contributed by atoms with Gasteiger partial charge in [0.15, 0.2) is 0 Å². The molecular formula is C16H25NO4. The van der Waals surface area contributed by atoms with Crippen molar-refractivity contribution in [3.05, 3.63) is 34.4 Å². The number of aliphatic hydroxyl groups is 1. The first-order valence-electron chi connectivity index (χ1n) is 7.68. The minimum absolute atomic E-state index is 0.0370. The van der Waals surface area contributed by atoms with Crippen LogP contribution in [0.25, 0.3) is 0 Å². The van der Waals surface area contributed by atoms with E-state index in [9.17, 15) is 15.2 Å². The maximum Gasteiger partial charge on any atom is 0.269 e. The highest BCUT2D eigenvalue weighted by atomic mass is 16.6. The van der Waals surface area contributed by atoms with Gasteiger partial charge in [0.25, 0.3) is 5.69 Å². The molecule has 0 amide bonds. The van der Waals surface area contributed by atoms with Crippen LogP contribution in [0, 0.1) is 10.1 Å². The Kier molecular flexibility index (Phi) is 8.43. The highest BCUT2D eigenvalue weighted by Gasteiger charge is 2.07. The molecule has 0 bridgehead atoms. The highest BCUT2D eigenvalue weighted by molar-refractivity contribution is 5.35. The molecule has 0 aliphatic heterocycles. The molecule has 0 radical (unpaired) electrons. The zero-order chi connectivity index (χ0) is 15.5. The van der Waals surface area contributed by atoms with Crippen molar-refractivity contribution >= 4 is 5.69 Å². The standard InChI is InChI=1S/C16H25NO4/c1-2-3-4-5-6-7-8-15(18)13-21-16-11-9-14(10-12-16)17(19)20/h9-12,15,18H,2-8,13H2,1H3. The monoisotopic (exact) mass is 295 g/mol. The van der Waals surface area contributed by atoms with E-state index in [1.807, 2.05) is 0 Å². The third kappa shape index (κ3) is 7.66. The fraction of sp³-hybridized carbons (Fsp3) is 0.625. The molecule has 1 atom stereocenters. The average Bonchev–Trinajstić information content (AvgIpc) is 2.49. The van der Waals surface area contributed by atoms with Crippen LogP contribution >= 0.6 is 0 Å². The summed E-state index contributed by atoms with van der Waals surface area (Å²) in [6, 6.07) is 5.90. The van der Waals surface area contributed by atoms with Crippen molar-refractivity contribution in [1.82, 2.24) is 0 Å². The Morgan fingerprint density at radius 3 is 2.38 bits per heavy atom. The number of benzene rings is 1. The Morgan fingerprint density at radius 1 is 1.14 bits per heavy atom. The second-order valence-electron chi connectivity index (χ2n) is 5.27. The fourth-order valence-electron chi connectivity index (χ4n) is 2.10. The van der Waals surface area contributed by atoms with E-state index in [2.05, 4.69) is 6.92 Å². The zero-order valence-electron chi connectivity index (χ0n) is 12.7. The summed E-state index contributed by atoms with van der Waals surface area (Å²) < 4.78 is 5.43. The first kappa shape index (κ1) is 17.4. The predicted molar refractivity (Wildman–Crippen MR) is 82.6 cm³/mol. The SMILES string of the molecule is CCCCCCCCC(O)COc1ccc([N+](=O)[O-])cc1. The van der Waals surface area contributed by atoms with Crippen LogP contribution in [-0.4, -0.2) is 22.7 Å². The molecule has 0 aliphatic carbocycles. The summed E-state index contributed by atoms with van der Waals surface area (Å²) >= 11 is 0.